The van der Waals surface area contributed by atoms with Crippen molar-refractivity contribution in [2.75, 3.05) is 16.4 Å². The highest BCUT2D eigenvalue weighted by Crippen LogP contribution is 2.26. The van der Waals surface area contributed by atoms with Crippen LogP contribution in [0.5, 0.6) is 0 Å². The predicted octanol–water partition coefficient (Wildman–Crippen LogP) is 6.86. The van der Waals surface area contributed by atoms with Crippen LogP contribution in [0.2, 0.25) is 0 Å². The molecule has 45 heavy (non-hydrogen) atoms. The second-order valence-corrected chi connectivity index (χ2v) is 11.4. The topological polar surface area (TPSA) is 143 Å². The summed E-state index contributed by atoms with van der Waals surface area (Å²) in [5.41, 5.74) is 2.94. The van der Waals surface area contributed by atoms with Crippen molar-refractivity contribution in [2.45, 2.75) is 4.90 Å². The van der Waals surface area contributed by atoms with Crippen LogP contribution >= 0.6 is 23.1 Å². The van der Waals surface area contributed by atoms with E-state index in [9.17, 15) is 24.5 Å². The molecular formula is C33H25N5O5S2. The van der Waals surface area contributed by atoms with Crippen molar-refractivity contribution in [3.63, 3.8) is 0 Å². The Bertz CT molecular complexity index is 1840. The van der Waals surface area contributed by atoms with Crippen LogP contribution in [0.4, 0.5) is 16.5 Å². The lowest BCUT2D eigenvalue weighted by Crippen LogP contribution is -2.30. The number of aromatic nitrogens is 1. The van der Waals surface area contributed by atoms with E-state index in [1.807, 2.05) is 35.7 Å². The van der Waals surface area contributed by atoms with Gasteiger partial charge in [-0.05, 0) is 60.2 Å². The fourth-order valence-corrected chi connectivity index (χ4v) is 5.45. The van der Waals surface area contributed by atoms with Crippen LogP contribution < -0.4 is 16.0 Å². The van der Waals surface area contributed by atoms with Crippen molar-refractivity contribution in [1.82, 2.24) is 10.3 Å². The number of hydrogen-bond acceptors (Lipinski definition) is 8. The zero-order valence-corrected chi connectivity index (χ0v) is 25.1. The molecule has 12 heteroatoms. The molecule has 5 aromatic rings. The van der Waals surface area contributed by atoms with Gasteiger partial charge in [0.05, 0.1) is 16.4 Å². The molecule has 0 saturated heterocycles. The lowest BCUT2D eigenvalue weighted by Gasteiger charge is -2.12. The molecule has 5 rings (SSSR count). The molecular weight excluding hydrogens is 611 g/mol. The van der Waals surface area contributed by atoms with E-state index in [0.717, 1.165) is 16.2 Å². The maximum absolute atomic E-state index is 13.3. The molecule has 0 saturated carbocycles. The first-order chi connectivity index (χ1) is 21.8. The zero-order valence-electron chi connectivity index (χ0n) is 23.5. The van der Waals surface area contributed by atoms with Gasteiger partial charge in [-0.2, -0.15) is 0 Å². The van der Waals surface area contributed by atoms with Crippen LogP contribution in [-0.2, 0) is 9.59 Å². The van der Waals surface area contributed by atoms with Gasteiger partial charge in [-0.25, -0.2) is 4.98 Å². The van der Waals surface area contributed by atoms with E-state index in [1.54, 1.807) is 54.6 Å². The molecule has 0 spiro atoms. The molecule has 3 N–H and O–H groups in total. The third kappa shape index (κ3) is 8.72. The number of thioether (sulfide) groups is 1. The van der Waals surface area contributed by atoms with Crippen LogP contribution in [-0.4, -0.2) is 33.4 Å². The fraction of sp³-hybridized carbons (Fsp3) is 0.0303. The lowest BCUT2D eigenvalue weighted by atomic mass is 10.1. The van der Waals surface area contributed by atoms with Gasteiger partial charge in [0.25, 0.3) is 17.5 Å². The molecule has 0 bridgehead atoms. The van der Waals surface area contributed by atoms with Gasteiger partial charge >= 0.3 is 0 Å². The number of carbonyl (C=O) groups excluding carboxylic acids is 3. The van der Waals surface area contributed by atoms with E-state index in [-0.39, 0.29) is 23.0 Å². The fourth-order valence-electron chi connectivity index (χ4n) is 4.01. The highest BCUT2D eigenvalue weighted by Gasteiger charge is 2.16. The molecule has 0 aliphatic carbocycles. The van der Waals surface area contributed by atoms with Crippen LogP contribution in [0, 0.1) is 10.1 Å². The Labute approximate surface area is 266 Å². The smallest absolute Gasteiger partial charge is 0.272 e. The number of nitrogens with one attached hydrogen (secondary N) is 3. The van der Waals surface area contributed by atoms with E-state index in [4.69, 9.17) is 0 Å². The maximum Gasteiger partial charge on any atom is 0.272 e. The Kier molecular flexibility index (Phi) is 10.1. The number of non-ortho nitro benzene ring substituents is 1. The highest BCUT2D eigenvalue weighted by molar-refractivity contribution is 8.00. The Morgan fingerprint density at radius 3 is 2.18 bits per heavy atom. The van der Waals surface area contributed by atoms with Crippen molar-refractivity contribution < 1.29 is 19.3 Å². The number of anilines is 2. The average Bonchev–Trinajstić information content (AvgIpc) is 3.53. The Balaban J connectivity index is 1.20. The first-order valence-electron chi connectivity index (χ1n) is 13.5. The summed E-state index contributed by atoms with van der Waals surface area (Å²) in [6, 6.07) is 30.7. The van der Waals surface area contributed by atoms with Gasteiger partial charge in [0.15, 0.2) is 5.13 Å². The molecule has 1 aromatic heterocycles. The normalized spacial score (nSPS) is 11.0. The van der Waals surface area contributed by atoms with Crippen molar-refractivity contribution in [3.8, 4) is 11.3 Å². The second-order valence-electron chi connectivity index (χ2n) is 9.45. The van der Waals surface area contributed by atoms with Gasteiger partial charge in [0.2, 0.25) is 5.91 Å². The van der Waals surface area contributed by atoms with E-state index in [0.29, 0.717) is 21.9 Å². The maximum atomic E-state index is 13.3. The van der Waals surface area contributed by atoms with E-state index >= 15 is 0 Å². The number of nitrogens with zero attached hydrogens (tertiary/aromatic N) is 2. The minimum absolute atomic E-state index is 0.0505. The Hall–Kier alpha value is -5.59. The largest absolute Gasteiger partial charge is 0.321 e. The summed E-state index contributed by atoms with van der Waals surface area (Å²) >= 11 is 2.69. The number of rotatable bonds is 11. The van der Waals surface area contributed by atoms with Crippen LogP contribution in [0.3, 0.4) is 0 Å². The van der Waals surface area contributed by atoms with Gasteiger partial charge in [0.1, 0.15) is 5.70 Å². The third-order valence-corrected chi connectivity index (χ3v) is 8.02. The minimum Gasteiger partial charge on any atom is -0.321 e. The summed E-state index contributed by atoms with van der Waals surface area (Å²) in [5.74, 6) is -1.10. The summed E-state index contributed by atoms with van der Waals surface area (Å²) in [6.07, 6.45) is 1.44. The SMILES string of the molecule is O=C(CSc1ccc(NC(=O)/C(=C/c2ccc([N+](=O)[O-])cc2)NC(=O)c2ccccc2)cc1)Nc1nc(-c2ccccc2)cs1. The molecule has 0 fully saturated rings. The average molecular weight is 636 g/mol. The van der Waals surface area contributed by atoms with Gasteiger partial charge in [-0.3, -0.25) is 24.5 Å². The summed E-state index contributed by atoms with van der Waals surface area (Å²) in [4.78, 5) is 54.4. The number of nitro groups is 1. The number of thiazole rings is 1. The molecule has 1 heterocycles. The Morgan fingerprint density at radius 2 is 1.51 bits per heavy atom. The zero-order chi connectivity index (χ0) is 31.6. The molecule has 0 radical (unpaired) electrons. The van der Waals surface area contributed by atoms with Crippen LogP contribution in [0.15, 0.2) is 125 Å². The van der Waals surface area contributed by atoms with Gasteiger partial charge in [-0.15, -0.1) is 23.1 Å². The quantitative estimate of drug-likeness (QED) is 0.0623. The third-order valence-electron chi connectivity index (χ3n) is 6.25. The number of hydrogen-bond donors (Lipinski definition) is 3. The molecule has 3 amide bonds. The van der Waals surface area contributed by atoms with E-state index in [1.165, 1.54) is 53.4 Å². The van der Waals surface area contributed by atoms with Crippen LogP contribution in [0.25, 0.3) is 17.3 Å². The number of benzene rings is 4. The summed E-state index contributed by atoms with van der Waals surface area (Å²) in [6.45, 7) is 0. The standard InChI is InChI=1S/C33H25N5O5S2/c39-30(37-33-36-29(20-45-33)23-7-3-1-4-8-23)21-44-27-17-13-25(14-18-27)34-32(41)28(35-31(40)24-9-5-2-6-10-24)19-22-11-15-26(16-12-22)38(42)43/h1-20H,21H2,(H,34,41)(H,35,40)(H,36,37,39)/b28-19-. The number of carbonyl (C=O) groups is 3. The van der Waals surface area contributed by atoms with Crippen molar-refractivity contribution in [1.29, 1.82) is 0 Å². The van der Waals surface area contributed by atoms with Crippen LogP contribution in [0.1, 0.15) is 15.9 Å². The lowest BCUT2D eigenvalue weighted by molar-refractivity contribution is -0.384. The molecule has 0 unspecified atom stereocenters. The van der Waals surface area contributed by atoms with E-state index in [2.05, 4.69) is 20.9 Å². The van der Waals surface area contributed by atoms with Gasteiger partial charge < -0.3 is 16.0 Å². The highest BCUT2D eigenvalue weighted by atomic mass is 32.2. The number of nitro benzene ring substituents is 1. The van der Waals surface area contributed by atoms with Crippen molar-refractivity contribution >= 4 is 63.4 Å². The molecule has 0 aliphatic heterocycles. The molecule has 0 atom stereocenters. The summed E-state index contributed by atoms with van der Waals surface area (Å²) in [5, 5.41) is 21.7. The molecule has 10 nitrogen and oxygen atoms in total. The molecule has 4 aromatic carbocycles. The minimum atomic E-state index is -0.587. The van der Waals surface area contributed by atoms with Crippen molar-refractivity contribution in [2.24, 2.45) is 0 Å². The summed E-state index contributed by atoms with van der Waals surface area (Å²) < 4.78 is 0. The number of amides is 3. The predicted molar refractivity (Wildman–Crippen MR) is 177 cm³/mol. The Morgan fingerprint density at radius 1 is 0.844 bits per heavy atom. The monoisotopic (exact) mass is 635 g/mol. The summed E-state index contributed by atoms with van der Waals surface area (Å²) in [7, 11) is 0. The van der Waals surface area contributed by atoms with Crippen molar-refractivity contribution in [3.05, 3.63) is 142 Å². The van der Waals surface area contributed by atoms with Gasteiger partial charge in [0, 0.05) is 39.2 Å². The first-order valence-corrected chi connectivity index (χ1v) is 15.4. The molecule has 0 aliphatic rings. The second kappa shape index (κ2) is 14.7. The van der Waals surface area contributed by atoms with Gasteiger partial charge in [-0.1, -0.05) is 48.5 Å². The molecule has 224 valence electrons. The first kappa shape index (κ1) is 30.9. The van der Waals surface area contributed by atoms with E-state index < -0.39 is 16.7 Å².